The minimum Gasteiger partial charge on any atom is -0.459 e. The number of aromatic nitrogens is 2. The Hall–Kier alpha value is -3.03. The van der Waals surface area contributed by atoms with Crippen LogP contribution in [0.15, 0.2) is 94.2 Å². The summed E-state index contributed by atoms with van der Waals surface area (Å²) in [6, 6.07) is 21.8. The smallest absolute Gasteiger partial charge is 0.170 e. The molecule has 1 aromatic carbocycles. The topological polar surface area (TPSA) is 54.2 Å². The summed E-state index contributed by atoms with van der Waals surface area (Å²) in [5.41, 5.74) is 3.08. The number of hydrogen-bond acceptors (Lipinski definition) is 4. The van der Waals surface area contributed by atoms with Gasteiger partial charge in [0.05, 0.1) is 11.7 Å². The van der Waals surface area contributed by atoms with Crippen molar-refractivity contribution in [1.82, 2.24) is 20.2 Å². The zero-order valence-electron chi connectivity index (χ0n) is 16.5. The molecule has 0 radical (unpaired) electrons. The number of benzene rings is 1. The number of furan rings is 1. The summed E-state index contributed by atoms with van der Waals surface area (Å²) >= 11 is 9.22. The van der Waals surface area contributed by atoms with Crippen LogP contribution >= 0.6 is 28.1 Å². The molecule has 31 heavy (non-hydrogen) atoms. The van der Waals surface area contributed by atoms with E-state index in [1.54, 1.807) is 18.6 Å². The van der Waals surface area contributed by atoms with E-state index >= 15 is 0 Å². The van der Waals surface area contributed by atoms with E-state index in [0.29, 0.717) is 11.7 Å². The van der Waals surface area contributed by atoms with E-state index in [1.807, 2.05) is 66.7 Å². The fourth-order valence-electron chi connectivity index (χ4n) is 3.85. The Balaban J connectivity index is 1.53. The standard InChI is InChI=1S/C24H19BrN4OS/c25-18-6-4-17(5-7-18)20-8-9-21(30-20)23-22(19-3-1-2-12-27-19)28-24(31)29(23)15-16-10-13-26-14-11-16/h1-14,22-23H,15H2,(H,28,31)/t22-,23+/m1/s1. The van der Waals surface area contributed by atoms with Crippen LogP contribution in [-0.4, -0.2) is 20.0 Å². The van der Waals surface area contributed by atoms with Gasteiger partial charge in [0.25, 0.3) is 0 Å². The monoisotopic (exact) mass is 490 g/mol. The van der Waals surface area contributed by atoms with Crippen molar-refractivity contribution in [1.29, 1.82) is 0 Å². The van der Waals surface area contributed by atoms with Crippen LogP contribution in [0.25, 0.3) is 11.3 Å². The van der Waals surface area contributed by atoms with Crippen LogP contribution in [0.3, 0.4) is 0 Å². The van der Waals surface area contributed by atoms with Crippen molar-refractivity contribution >= 4 is 33.3 Å². The first-order valence-electron chi connectivity index (χ1n) is 9.92. The maximum Gasteiger partial charge on any atom is 0.170 e. The summed E-state index contributed by atoms with van der Waals surface area (Å²) in [5.74, 6) is 1.67. The number of nitrogens with one attached hydrogen (secondary N) is 1. The maximum atomic E-state index is 6.36. The first-order valence-corrected chi connectivity index (χ1v) is 11.1. The third-order valence-corrected chi connectivity index (χ3v) is 6.23. The van der Waals surface area contributed by atoms with Gasteiger partial charge in [0.15, 0.2) is 5.11 Å². The fraction of sp³-hybridized carbons (Fsp3) is 0.125. The molecule has 4 heterocycles. The van der Waals surface area contributed by atoms with Gasteiger partial charge in [-0.15, -0.1) is 0 Å². The van der Waals surface area contributed by atoms with Gasteiger partial charge in [-0.25, -0.2) is 0 Å². The summed E-state index contributed by atoms with van der Waals surface area (Å²) in [7, 11) is 0. The molecule has 2 atom stereocenters. The molecule has 1 N–H and O–H groups in total. The van der Waals surface area contributed by atoms with Gasteiger partial charge in [-0.3, -0.25) is 9.97 Å². The molecule has 0 spiro atoms. The Bertz CT molecular complexity index is 1180. The maximum absolute atomic E-state index is 6.36. The van der Waals surface area contributed by atoms with Gasteiger partial charge in [0.2, 0.25) is 0 Å². The molecule has 0 aliphatic carbocycles. The first kappa shape index (κ1) is 19.9. The van der Waals surface area contributed by atoms with Gasteiger partial charge in [0, 0.05) is 35.2 Å². The largest absolute Gasteiger partial charge is 0.459 e. The molecule has 0 saturated carbocycles. The Morgan fingerprint density at radius 2 is 1.77 bits per heavy atom. The van der Waals surface area contributed by atoms with E-state index in [0.717, 1.165) is 32.8 Å². The molecule has 1 aliphatic heterocycles. The highest BCUT2D eigenvalue weighted by Crippen LogP contribution is 2.41. The van der Waals surface area contributed by atoms with Gasteiger partial charge in [-0.1, -0.05) is 34.1 Å². The highest BCUT2D eigenvalue weighted by Gasteiger charge is 2.41. The van der Waals surface area contributed by atoms with Gasteiger partial charge < -0.3 is 14.6 Å². The second-order valence-electron chi connectivity index (χ2n) is 7.32. The molecule has 1 fully saturated rings. The zero-order chi connectivity index (χ0) is 21.2. The second kappa shape index (κ2) is 8.61. The van der Waals surface area contributed by atoms with Crippen LogP contribution in [0, 0.1) is 0 Å². The quantitative estimate of drug-likeness (QED) is 0.363. The Labute approximate surface area is 194 Å². The molecule has 0 amide bonds. The average molecular weight is 491 g/mol. The van der Waals surface area contributed by atoms with Crippen molar-refractivity contribution < 1.29 is 4.42 Å². The number of nitrogens with zero attached hydrogens (tertiary/aromatic N) is 3. The van der Waals surface area contributed by atoms with Gasteiger partial charge in [-0.05, 0) is 66.3 Å². The highest BCUT2D eigenvalue weighted by molar-refractivity contribution is 9.10. The first-order chi connectivity index (χ1) is 15.2. The van der Waals surface area contributed by atoms with Crippen molar-refractivity contribution in [2.24, 2.45) is 0 Å². The van der Waals surface area contributed by atoms with E-state index in [-0.39, 0.29) is 12.1 Å². The molecule has 5 nitrogen and oxygen atoms in total. The normalized spacial score (nSPS) is 18.2. The van der Waals surface area contributed by atoms with Crippen molar-refractivity contribution in [3.05, 3.63) is 107 Å². The lowest BCUT2D eigenvalue weighted by Crippen LogP contribution is -2.29. The highest BCUT2D eigenvalue weighted by atomic mass is 79.9. The molecule has 5 rings (SSSR count). The molecule has 1 saturated heterocycles. The molecule has 0 bridgehead atoms. The Kier molecular flexibility index (Phi) is 5.53. The van der Waals surface area contributed by atoms with Crippen molar-refractivity contribution in [3.8, 4) is 11.3 Å². The third-order valence-electron chi connectivity index (χ3n) is 5.35. The summed E-state index contributed by atoms with van der Waals surface area (Å²) in [6.45, 7) is 0.649. The lowest BCUT2D eigenvalue weighted by molar-refractivity contribution is 0.269. The predicted molar refractivity (Wildman–Crippen MR) is 127 cm³/mol. The van der Waals surface area contributed by atoms with E-state index < -0.39 is 0 Å². The van der Waals surface area contributed by atoms with Crippen molar-refractivity contribution in [3.63, 3.8) is 0 Å². The molecule has 7 heteroatoms. The van der Waals surface area contributed by atoms with Gasteiger partial charge >= 0.3 is 0 Å². The fourth-order valence-corrected chi connectivity index (χ4v) is 4.42. The van der Waals surface area contributed by atoms with Crippen LogP contribution in [0.2, 0.25) is 0 Å². The second-order valence-corrected chi connectivity index (χ2v) is 8.62. The van der Waals surface area contributed by atoms with Crippen molar-refractivity contribution in [2.75, 3.05) is 0 Å². The van der Waals surface area contributed by atoms with Crippen molar-refractivity contribution in [2.45, 2.75) is 18.6 Å². The minimum atomic E-state index is -0.125. The summed E-state index contributed by atoms with van der Waals surface area (Å²) in [5, 5.41) is 4.14. The molecule has 154 valence electrons. The Morgan fingerprint density at radius 3 is 2.52 bits per heavy atom. The van der Waals surface area contributed by atoms with E-state index in [1.165, 1.54) is 0 Å². The molecule has 1 aliphatic rings. The molecular formula is C24H19BrN4OS. The summed E-state index contributed by atoms with van der Waals surface area (Å²) in [6.07, 6.45) is 5.40. The SMILES string of the molecule is S=C1N[C@H](c2ccccn2)[C@H](c2ccc(-c3ccc(Br)cc3)o2)N1Cc1ccncc1. The van der Waals surface area contributed by atoms with Crippen LogP contribution < -0.4 is 5.32 Å². The number of pyridine rings is 2. The summed E-state index contributed by atoms with van der Waals surface area (Å²) in [4.78, 5) is 10.9. The molecule has 4 aromatic rings. The van der Waals surface area contributed by atoms with Gasteiger partial charge in [0.1, 0.15) is 17.6 Å². The molecule has 3 aromatic heterocycles. The molecule has 0 unspecified atom stereocenters. The molecular weight excluding hydrogens is 472 g/mol. The minimum absolute atomic E-state index is 0.112. The zero-order valence-corrected chi connectivity index (χ0v) is 18.9. The van der Waals surface area contributed by atoms with Crippen LogP contribution in [0.1, 0.15) is 29.1 Å². The third kappa shape index (κ3) is 4.11. The predicted octanol–water partition coefficient (Wildman–Crippen LogP) is 5.67. The van der Waals surface area contributed by atoms with Gasteiger partial charge in [-0.2, -0.15) is 0 Å². The van der Waals surface area contributed by atoms with E-state index in [9.17, 15) is 0 Å². The lowest BCUT2D eigenvalue weighted by atomic mass is 10.0. The van der Waals surface area contributed by atoms with Crippen LogP contribution in [0.4, 0.5) is 0 Å². The van der Waals surface area contributed by atoms with E-state index in [4.69, 9.17) is 16.6 Å². The number of halogens is 1. The Morgan fingerprint density at radius 1 is 0.968 bits per heavy atom. The lowest BCUT2D eigenvalue weighted by Gasteiger charge is -2.26. The van der Waals surface area contributed by atoms with Crippen LogP contribution in [-0.2, 0) is 6.54 Å². The summed E-state index contributed by atoms with van der Waals surface area (Å²) < 4.78 is 7.40. The van der Waals surface area contributed by atoms with Crippen LogP contribution in [0.5, 0.6) is 0 Å². The number of hydrogen-bond donors (Lipinski definition) is 1. The average Bonchev–Trinajstić information content (AvgIpc) is 3.41. The van der Waals surface area contributed by atoms with E-state index in [2.05, 4.69) is 36.1 Å². The number of thiocarbonyl (C=S) groups is 1. The number of rotatable bonds is 5.